The number of nitrogens with two attached hydrogens (primary N) is 1. The molecule has 0 aromatic carbocycles. The number of thiol groups is 1. The molecule has 2 N–H and O–H groups in total. The number of rotatable bonds is 8. The van der Waals surface area contributed by atoms with E-state index < -0.39 is 24.1 Å². The summed E-state index contributed by atoms with van der Waals surface area (Å²) in [5, 5.41) is -0.200. The molecular weight excluding hydrogens is 310 g/mol. The fourth-order valence-corrected chi connectivity index (χ4v) is 3.24. The number of carbonyl (C=O) groups is 3. The summed E-state index contributed by atoms with van der Waals surface area (Å²) >= 11 is 3.92. The summed E-state index contributed by atoms with van der Waals surface area (Å²) < 4.78 is 9.73. The van der Waals surface area contributed by atoms with Gasteiger partial charge in [-0.1, -0.05) is 10.8 Å². The van der Waals surface area contributed by atoms with E-state index >= 15 is 0 Å². The van der Waals surface area contributed by atoms with Crippen LogP contribution in [0.3, 0.4) is 0 Å². The third-order valence-corrected chi connectivity index (χ3v) is 4.44. The molecule has 2 atom stereocenters. The highest BCUT2D eigenvalue weighted by molar-refractivity contribution is 8.82. The molecule has 0 saturated heterocycles. The van der Waals surface area contributed by atoms with E-state index in [-0.39, 0.29) is 17.5 Å². The summed E-state index contributed by atoms with van der Waals surface area (Å²) in [6.07, 6.45) is -0.584. The molecule has 0 radical (unpaired) electrons. The SMILES string of the molecule is CC(=O)OCC(CSSC(=O)[C@@H](N)CS)OC(C)=O. The van der Waals surface area contributed by atoms with Crippen molar-refractivity contribution in [2.75, 3.05) is 18.1 Å². The highest BCUT2D eigenvalue weighted by Crippen LogP contribution is 2.25. The summed E-state index contributed by atoms with van der Waals surface area (Å²) in [5.74, 6) is -0.334. The molecule has 0 bridgehead atoms. The highest BCUT2D eigenvalue weighted by atomic mass is 33.1. The van der Waals surface area contributed by atoms with E-state index in [1.165, 1.54) is 24.6 Å². The van der Waals surface area contributed by atoms with Gasteiger partial charge in [0.15, 0.2) is 0 Å². The molecular formula is C10H17NO5S3. The Morgan fingerprint density at radius 2 is 1.89 bits per heavy atom. The second-order valence-corrected chi connectivity index (χ2v) is 6.22. The van der Waals surface area contributed by atoms with Crippen molar-refractivity contribution in [3.05, 3.63) is 0 Å². The topological polar surface area (TPSA) is 95.7 Å². The molecule has 9 heteroatoms. The summed E-state index contributed by atoms with van der Waals surface area (Å²) in [6, 6.07) is -0.624. The van der Waals surface area contributed by atoms with Crippen molar-refractivity contribution in [1.82, 2.24) is 0 Å². The average Bonchev–Trinajstić information content (AvgIpc) is 2.33. The van der Waals surface area contributed by atoms with Crippen LogP contribution in [0.1, 0.15) is 13.8 Å². The van der Waals surface area contributed by atoms with E-state index in [0.29, 0.717) is 5.75 Å². The average molecular weight is 327 g/mol. The van der Waals surface area contributed by atoms with Crippen molar-refractivity contribution in [1.29, 1.82) is 0 Å². The lowest BCUT2D eigenvalue weighted by Crippen LogP contribution is -2.30. The largest absolute Gasteiger partial charge is 0.462 e. The van der Waals surface area contributed by atoms with Crippen LogP contribution in [0, 0.1) is 0 Å². The van der Waals surface area contributed by atoms with Gasteiger partial charge < -0.3 is 15.2 Å². The fourth-order valence-electron chi connectivity index (χ4n) is 0.865. The third kappa shape index (κ3) is 10.1. The number of hydrogen-bond donors (Lipinski definition) is 2. The first-order valence-corrected chi connectivity index (χ1v) is 8.32. The van der Waals surface area contributed by atoms with E-state index in [4.69, 9.17) is 15.2 Å². The lowest BCUT2D eigenvalue weighted by molar-refractivity contribution is -0.154. The second-order valence-electron chi connectivity index (χ2n) is 3.51. The Hall–Kier alpha value is -0.380. The molecule has 0 heterocycles. The minimum Gasteiger partial charge on any atom is -0.462 e. The van der Waals surface area contributed by atoms with Crippen LogP contribution in [0.4, 0.5) is 0 Å². The summed E-state index contributed by atoms with van der Waals surface area (Å²) in [7, 11) is 2.16. The zero-order valence-corrected chi connectivity index (χ0v) is 13.2. The van der Waals surface area contributed by atoms with E-state index in [0.717, 1.165) is 10.8 Å². The first-order valence-electron chi connectivity index (χ1n) is 5.37. The van der Waals surface area contributed by atoms with Crippen molar-refractivity contribution in [3.8, 4) is 0 Å². The molecule has 110 valence electrons. The van der Waals surface area contributed by atoms with Gasteiger partial charge in [-0.25, -0.2) is 0 Å². The summed E-state index contributed by atoms with van der Waals surface area (Å²) in [6.45, 7) is 2.50. The number of carbonyl (C=O) groups excluding carboxylic acids is 3. The van der Waals surface area contributed by atoms with Gasteiger partial charge in [-0.2, -0.15) is 12.6 Å². The Labute approximate surface area is 125 Å². The molecule has 19 heavy (non-hydrogen) atoms. The quantitative estimate of drug-likeness (QED) is 0.381. The molecule has 1 unspecified atom stereocenters. The minimum absolute atomic E-state index is 0.0325. The zero-order valence-electron chi connectivity index (χ0n) is 10.7. The lowest BCUT2D eigenvalue weighted by Gasteiger charge is -2.16. The van der Waals surface area contributed by atoms with Gasteiger partial charge in [0.1, 0.15) is 12.7 Å². The first-order chi connectivity index (χ1) is 8.86. The second kappa shape index (κ2) is 10.4. The van der Waals surface area contributed by atoms with Crippen molar-refractivity contribution >= 4 is 51.3 Å². The molecule has 0 spiro atoms. The summed E-state index contributed by atoms with van der Waals surface area (Å²) in [5.41, 5.74) is 5.50. The summed E-state index contributed by atoms with van der Waals surface area (Å²) in [4.78, 5) is 33.0. The Bertz CT molecular complexity index is 326. The van der Waals surface area contributed by atoms with Gasteiger partial charge in [0, 0.05) is 25.4 Å². The van der Waals surface area contributed by atoms with Crippen LogP contribution < -0.4 is 5.73 Å². The van der Waals surface area contributed by atoms with Gasteiger partial charge in [-0.15, -0.1) is 0 Å². The molecule has 0 rings (SSSR count). The maximum absolute atomic E-state index is 11.4. The molecule has 0 amide bonds. The van der Waals surface area contributed by atoms with Crippen molar-refractivity contribution < 1.29 is 23.9 Å². The van der Waals surface area contributed by atoms with Crippen LogP contribution in [0.15, 0.2) is 0 Å². The fraction of sp³-hybridized carbons (Fsp3) is 0.700. The van der Waals surface area contributed by atoms with Gasteiger partial charge in [-0.05, 0) is 10.8 Å². The van der Waals surface area contributed by atoms with Crippen LogP contribution in [0.25, 0.3) is 0 Å². The Morgan fingerprint density at radius 3 is 2.37 bits per heavy atom. The van der Waals surface area contributed by atoms with Gasteiger partial charge >= 0.3 is 11.9 Å². The van der Waals surface area contributed by atoms with Gasteiger partial charge in [0.2, 0.25) is 5.12 Å². The first kappa shape index (κ1) is 18.6. The van der Waals surface area contributed by atoms with E-state index in [1.54, 1.807) is 0 Å². The molecule has 0 saturated carbocycles. The molecule has 0 fully saturated rings. The molecule has 0 aromatic heterocycles. The maximum atomic E-state index is 11.4. The molecule has 0 aliphatic heterocycles. The van der Waals surface area contributed by atoms with Gasteiger partial charge in [0.05, 0.1) is 6.04 Å². The Morgan fingerprint density at radius 1 is 1.26 bits per heavy atom. The maximum Gasteiger partial charge on any atom is 0.303 e. The molecule has 0 aromatic rings. The van der Waals surface area contributed by atoms with E-state index in [9.17, 15) is 14.4 Å². The number of esters is 2. The van der Waals surface area contributed by atoms with Crippen LogP contribution in [-0.2, 0) is 23.9 Å². The predicted molar refractivity (Wildman–Crippen MR) is 79.1 cm³/mol. The van der Waals surface area contributed by atoms with Crippen LogP contribution in [-0.4, -0.2) is 47.3 Å². The highest BCUT2D eigenvalue weighted by Gasteiger charge is 2.17. The van der Waals surface area contributed by atoms with Crippen molar-refractivity contribution in [3.63, 3.8) is 0 Å². The smallest absolute Gasteiger partial charge is 0.303 e. The Balaban J connectivity index is 4.07. The normalized spacial score (nSPS) is 13.5. The molecule has 6 nitrogen and oxygen atoms in total. The van der Waals surface area contributed by atoms with Crippen LogP contribution in [0.2, 0.25) is 0 Å². The monoisotopic (exact) mass is 327 g/mol. The number of ether oxygens (including phenoxy) is 2. The number of hydrogen-bond acceptors (Lipinski definition) is 9. The minimum atomic E-state index is -0.624. The van der Waals surface area contributed by atoms with Gasteiger partial charge in [-0.3, -0.25) is 14.4 Å². The zero-order chi connectivity index (χ0) is 14.8. The molecule has 0 aliphatic rings. The Kier molecular flexibility index (Phi) is 10.2. The third-order valence-electron chi connectivity index (χ3n) is 1.70. The van der Waals surface area contributed by atoms with Crippen LogP contribution >= 0.6 is 34.2 Å². The lowest BCUT2D eigenvalue weighted by atomic mass is 10.4. The van der Waals surface area contributed by atoms with Crippen molar-refractivity contribution in [2.45, 2.75) is 26.0 Å². The van der Waals surface area contributed by atoms with E-state index in [2.05, 4.69) is 12.6 Å². The predicted octanol–water partition coefficient (Wildman–Crippen LogP) is 0.646. The molecule has 0 aliphatic carbocycles. The standard InChI is InChI=1S/C10H17NO5S3/c1-6(12)15-3-8(16-7(2)13)5-18-19-10(14)9(11)4-17/h8-9,17H,3-5,11H2,1-2H3/t8?,9-/m0/s1. The van der Waals surface area contributed by atoms with Gasteiger partial charge in [0.25, 0.3) is 0 Å². The van der Waals surface area contributed by atoms with E-state index in [1.807, 2.05) is 0 Å². The van der Waals surface area contributed by atoms with Crippen molar-refractivity contribution in [2.24, 2.45) is 5.73 Å². The van der Waals surface area contributed by atoms with Crippen LogP contribution in [0.5, 0.6) is 0 Å².